The third-order valence-electron chi connectivity index (χ3n) is 4.34. The molecule has 0 bridgehead atoms. The summed E-state index contributed by atoms with van der Waals surface area (Å²) in [5, 5.41) is 2.79. The summed E-state index contributed by atoms with van der Waals surface area (Å²) < 4.78 is 0. The van der Waals surface area contributed by atoms with E-state index in [2.05, 4.69) is 38.0 Å². The molecule has 1 nitrogen and oxygen atoms in total. The van der Waals surface area contributed by atoms with Gasteiger partial charge in [0.25, 0.3) is 0 Å². The number of rotatable bonds is 1. The lowest BCUT2D eigenvalue weighted by Gasteiger charge is -2.26. The van der Waals surface area contributed by atoms with E-state index in [0.29, 0.717) is 5.92 Å². The van der Waals surface area contributed by atoms with Crippen molar-refractivity contribution in [3.63, 3.8) is 0 Å². The standard InChI is InChI=1S/C17H21N/c1-11(2)17-15-7-5-4-6-13(15)12(3)14-8-9-18-10-16(14)17/h8-11H,4-7H2,1-3H3. The van der Waals surface area contributed by atoms with E-state index in [1.54, 1.807) is 16.7 Å². The van der Waals surface area contributed by atoms with Crippen molar-refractivity contribution in [2.45, 2.75) is 52.4 Å². The molecule has 0 fully saturated rings. The summed E-state index contributed by atoms with van der Waals surface area (Å²) >= 11 is 0. The van der Waals surface area contributed by atoms with Crippen molar-refractivity contribution in [2.75, 3.05) is 0 Å². The highest BCUT2D eigenvalue weighted by atomic mass is 14.6. The maximum atomic E-state index is 4.35. The molecule has 18 heavy (non-hydrogen) atoms. The molecule has 0 spiro atoms. The highest BCUT2D eigenvalue weighted by Gasteiger charge is 2.20. The summed E-state index contributed by atoms with van der Waals surface area (Å²) in [6.45, 7) is 6.91. The summed E-state index contributed by atoms with van der Waals surface area (Å²) in [4.78, 5) is 4.35. The Bertz CT molecular complexity index is 596. The number of fused-ring (bicyclic) bond motifs is 2. The van der Waals surface area contributed by atoms with Crippen LogP contribution < -0.4 is 0 Å². The third-order valence-corrected chi connectivity index (χ3v) is 4.34. The Balaban J connectivity index is 2.44. The van der Waals surface area contributed by atoms with Crippen molar-refractivity contribution < 1.29 is 0 Å². The minimum atomic E-state index is 0.587. The Morgan fingerprint density at radius 2 is 1.78 bits per heavy atom. The first kappa shape index (κ1) is 11.7. The van der Waals surface area contributed by atoms with Crippen molar-refractivity contribution in [3.05, 3.63) is 40.7 Å². The molecule has 0 saturated heterocycles. The Kier molecular flexibility index (Phi) is 2.85. The molecule has 0 aliphatic heterocycles. The molecule has 0 atom stereocenters. The van der Waals surface area contributed by atoms with E-state index in [4.69, 9.17) is 0 Å². The SMILES string of the molecule is Cc1c2c(c(C(C)C)c3cnccc13)CCCC2. The van der Waals surface area contributed by atoms with Crippen LogP contribution in [0.15, 0.2) is 18.5 Å². The smallest absolute Gasteiger partial charge is 0.0349 e. The van der Waals surface area contributed by atoms with E-state index < -0.39 is 0 Å². The van der Waals surface area contributed by atoms with Gasteiger partial charge < -0.3 is 0 Å². The van der Waals surface area contributed by atoms with Gasteiger partial charge in [0.2, 0.25) is 0 Å². The van der Waals surface area contributed by atoms with Gasteiger partial charge in [-0.15, -0.1) is 0 Å². The molecule has 0 unspecified atom stereocenters. The molecule has 1 heteroatoms. The first-order chi connectivity index (χ1) is 8.70. The molecule has 1 aliphatic carbocycles. The van der Waals surface area contributed by atoms with Crippen molar-refractivity contribution in [3.8, 4) is 0 Å². The second-order valence-corrected chi connectivity index (χ2v) is 5.78. The van der Waals surface area contributed by atoms with Gasteiger partial charge >= 0.3 is 0 Å². The van der Waals surface area contributed by atoms with E-state index in [0.717, 1.165) is 0 Å². The van der Waals surface area contributed by atoms with Crippen LogP contribution in [0.2, 0.25) is 0 Å². The van der Waals surface area contributed by atoms with Crippen LogP contribution in [0, 0.1) is 6.92 Å². The van der Waals surface area contributed by atoms with E-state index >= 15 is 0 Å². The van der Waals surface area contributed by atoms with Crippen molar-refractivity contribution in [1.82, 2.24) is 4.98 Å². The Labute approximate surface area is 109 Å². The molecular formula is C17H21N. The van der Waals surface area contributed by atoms with Crippen molar-refractivity contribution in [2.24, 2.45) is 0 Å². The van der Waals surface area contributed by atoms with E-state index in [1.165, 1.54) is 42.0 Å². The van der Waals surface area contributed by atoms with Gasteiger partial charge in [0.1, 0.15) is 0 Å². The molecule has 1 aliphatic rings. The van der Waals surface area contributed by atoms with Crippen LogP contribution in [-0.4, -0.2) is 4.98 Å². The lowest BCUT2D eigenvalue weighted by Crippen LogP contribution is -2.10. The molecular weight excluding hydrogens is 218 g/mol. The van der Waals surface area contributed by atoms with Gasteiger partial charge in [-0.05, 0) is 72.2 Å². The van der Waals surface area contributed by atoms with Crippen LogP contribution in [0.4, 0.5) is 0 Å². The normalized spacial score (nSPS) is 15.1. The molecule has 1 aromatic heterocycles. The van der Waals surface area contributed by atoms with Gasteiger partial charge in [0, 0.05) is 17.8 Å². The predicted octanol–water partition coefficient (Wildman–Crippen LogP) is 4.55. The minimum Gasteiger partial charge on any atom is -0.264 e. The minimum absolute atomic E-state index is 0.587. The van der Waals surface area contributed by atoms with E-state index in [-0.39, 0.29) is 0 Å². The number of pyridine rings is 1. The van der Waals surface area contributed by atoms with Gasteiger partial charge in [-0.3, -0.25) is 4.98 Å². The predicted molar refractivity (Wildman–Crippen MR) is 77.2 cm³/mol. The summed E-state index contributed by atoms with van der Waals surface area (Å²) in [6.07, 6.45) is 9.20. The fourth-order valence-electron chi connectivity index (χ4n) is 3.54. The fraction of sp³-hybridized carbons (Fsp3) is 0.471. The zero-order chi connectivity index (χ0) is 12.7. The van der Waals surface area contributed by atoms with Gasteiger partial charge in [-0.25, -0.2) is 0 Å². The van der Waals surface area contributed by atoms with Crippen molar-refractivity contribution >= 4 is 10.8 Å². The first-order valence-corrected chi connectivity index (χ1v) is 7.08. The van der Waals surface area contributed by atoms with Gasteiger partial charge in [-0.2, -0.15) is 0 Å². The lowest BCUT2D eigenvalue weighted by atomic mass is 9.79. The average Bonchev–Trinajstić information content (AvgIpc) is 2.39. The van der Waals surface area contributed by atoms with E-state index in [9.17, 15) is 0 Å². The van der Waals surface area contributed by atoms with Crippen LogP contribution in [-0.2, 0) is 12.8 Å². The molecule has 1 heterocycles. The van der Waals surface area contributed by atoms with Gasteiger partial charge in [0.05, 0.1) is 0 Å². The van der Waals surface area contributed by atoms with Crippen LogP contribution in [0.1, 0.15) is 54.9 Å². The molecule has 0 amide bonds. The van der Waals surface area contributed by atoms with Crippen LogP contribution in [0.5, 0.6) is 0 Å². The zero-order valence-corrected chi connectivity index (χ0v) is 11.6. The molecule has 1 aromatic carbocycles. The lowest BCUT2D eigenvalue weighted by molar-refractivity contribution is 0.670. The quantitative estimate of drug-likeness (QED) is 0.711. The Morgan fingerprint density at radius 3 is 2.50 bits per heavy atom. The van der Waals surface area contributed by atoms with Gasteiger partial charge in [-0.1, -0.05) is 13.8 Å². The van der Waals surface area contributed by atoms with Crippen LogP contribution in [0.25, 0.3) is 10.8 Å². The van der Waals surface area contributed by atoms with Crippen LogP contribution in [0.3, 0.4) is 0 Å². The molecule has 2 aromatic rings. The highest BCUT2D eigenvalue weighted by Crippen LogP contribution is 2.37. The molecule has 0 N–H and O–H groups in total. The maximum absolute atomic E-state index is 4.35. The summed E-state index contributed by atoms with van der Waals surface area (Å²) in [5.74, 6) is 0.587. The summed E-state index contributed by atoms with van der Waals surface area (Å²) in [6, 6.07) is 2.19. The monoisotopic (exact) mass is 239 g/mol. The average molecular weight is 239 g/mol. The topological polar surface area (TPSA) is 12.9 Å². The molecule has 3 rings (SSSR count). The molecule has 0 radical (unpaired) electrons. The largest absolute Gasteiger partial charge is 0.264 e. The Hall–Kier alpha value is -1.37. The number of hydrogen-bond acceptors (Lipinski definition) is 1. The van der Waals surface area contributed by atoms with Gasteiger partial charge in [0.15, 0.2) is 0 Å². The maximum Gasteiger partial charge on any atom is 0.0349 e. The Morgan fingerprint density at radius 1 is 1.06 bits per heavy atom. The second-order valence-electron chi connectivity index (χ2n) is 5.78. The fourth-order valence-corrected chi connectivity index (χ4v) is 3.54. The van der Waals surface area contributed by atoms with Crippen LogP contribution >= 0.6 is 0 Å². The number of hydrogen-bond donors (Lipinski definition) is 0. The molecule has 94 valence electrons. The second kappa shape index (κ2) is 4.38. The first-order valence-electron chi connectivity index (χ1n) is 7.08. The summed E-state index contributed by atoms with van der Waals surface area (Å²) in [7, 11) is 0. The summed E-state index contributed by atoms with van der Waals surface area (Å²) in [5.41, 5.74) is 6.31. The van der Waals surface area contributed by atoms with Crippen molar-refractivity contribution in [1.29, 1.82) is 0 Å². The molecule has 0 saturated carbocycles. The van der Waals surface area contributed by atoms with E-state index in [1.807, 2.05) is 6.20 Å². The number of benzene rings is 1. The number of aryl methyl sites for hydroxylation is 1. The third kappa shape index (κ3) is 1.65. The number of aromatic nitrogens is 1. The number of nitrogens with zero attached hydrogens (tertiary/aromatic N) is 1. The highest BCUT2D eigenvalue weighted by molar-refractivity contribution is 5.90. The zero-order valence-electron chi connectivity index (χ0n) is 11.6.